The fourth-order valence-electron chi connectivity index (χ4n) is 1.44. The highest BCUT2D eigenvalue weighted by molar-refractivity contribution is 5.74. The second-order valence-corrected chi connectivity index (χ2v) is 3.57. The molecule has 0 spiro atoms. The van der Waals surface area contributed by atoms with Gasteiger partial charge in [-0.25, -0.2) is 4.79 Å². The third-order valence-corrected chi connectivity index (χ3v) is 2.47. The predicted molar refractivity (Wildman–Crippen MR) is 66.0 cm³/mol. The average molecular weight is 221 g/mol. The third kappa shape index (κ3) is 3.46. The quantitative estimate of drug-likeness (QED) is 0.762. The monoisotopic (exact) mass is 221 g/mol. The van der Waals surface area contributed by atoms with E-state index in [2.05, 4.69) is 5.32 Å². The molecule has 1 rings (SSSR count). The summed E-state index contributed by atoms with van der Waals surface area (Å²) in [7, 11) is 0. The molecule has 0 bridgehead atoms. The van der Waals surface area contributed by atoms with E-state index in [1.165, 1.54) is 0 Å². The van der Waals surface area contributed by atoms with Crippen molar-refractivity contribution in [3.8, 4) is 0 Å². The summed E-state index contributed by atoms with van der Waals surface area (Å²) in [6.07, 6.45) is 0. The van der Waals surface area contributed by atoms with Gasteiger partial charge in [-0.15, -0.1) is 0 Å². The second-order valence-electron chi connectivity index (χ2n) is 3.57. The van der Waals surface area contributed by atoms with Crippen LogP contribution in [0, 0.1) is 0 Å². The van der Waals surface area contributed by atoms with Gasteiger partial charge in [0.25, 0.3) is 0 Å². The van der Waals surface area contributed by atoms with Crippen molar-refractivity contribution in [3.05, 3.63) is 29.8 Å². The Bertz CT molecular complexity index is 331. The van der Waals surface area contributed by atoms with Gasteiger partial charge in [-0.3, -0.25) is 0 Å². The van der Waals surface area contributed by atoms with Crippen LogP contribution in [0.25, 0.3) is 0 Å². The molecule has 4 heteroatoms. The van der Waals surface area contributed by atoms with E-state index in [0.717, 1.165) is 24.3 Å². The van der Waals surface area contributed by atoms with Crippen LogP contribution in [0.15, 0.2) is 24.3 Å². The standard InChI is InChI=1S/C12H19N3O/c1-3-15(4-2)12(16)14-9-10-5-7-11(13)8-6-10/h5-8H,3-4,9,13H2,1-2H3,(H,14,16). The van der Waals surface area contributed by atoms with E-state index in [-0.39, 0.29) is 6.03 Å². The van der Waals surface area contributed by atoms with Gasteiger partial charge in [0.15, 0.2) is 0 Å². The third-order valence-electron chi connectivity index (χ3n) is 2.47. The molecule has 0 unspecified atom stereocenters. The van der Waals surface area contributed by atoms with Crippen molar-refractivity contribution < 1.29 is 4.79 Å². The molecule has 1 aromatic rings. The maximum absolute atomic E-state index is 11.6. The molecule has 0 atom stereocenters. The van der Waals surface area contributed by atoms with E-state index in [9.17, 15) is 4.79 Å². The molecule has 0 aliphatic rings. The van der Waals surface area contributed by atoms with E-state index in [4.69, 9.17) is 5.73 Å². The van der Waals surface area contributed by atoms with Crippen molar-refractivity contribution in [1.82, 2.24) is 10.2 Å². The molecule has 0 saturated carbocycles. The fourth-order valence-corrected chi connectivity index (χ4v) is 1.44. The van der Waals surface area contributed by atoms with Gasteiger partial charge in [-0.2, -0.15) is 0 Å². The first kappa shape index (κ1) is 12.4. The molecule has 4 nitrogen and oxygen atoms in total. The van der Waals surface area contributed by atoms with Crippen molar-refractivity contribution in [1.29, 1.82) is 0 Å². The van der Waals surface area contributed by atoms with E-state index in [1.54, 1.807) is 4.90 Å². The Labute approximate surface area is 96.4 Å². The van der Waals surface area contributed by atoms with Crippen molar-refractivity contribution >= 4 is 11.7 Å². The van der Waals surface area contributed by atoms with E-state index >= 15 is 0 Å². The topological polar surface area (TPSA) is 58.4 Å². The molecular weight excluding hydrogens is 202 g/mol. The van der Waals surface area contributed by atoms with Crippen LogP contribution >= 0.6 is 0 Å². The number of carbonyl (C=O) groups excluding carboxylic acids is 1. The SMILES string of the molecule is CCN(CC)C(=O)NCc1ccc(N)cc1. The van der Waals surface area contributed by atoms with Crippen LogP contribution < -0.4 is 11.1 Å². The van der Waals surface area contributed by atoms with Crippen LogP contribution in [-0.2, 0) is 6.54 Å². The molecule has 0 aliphatic carbocycles. The Kier molecular flexibility index (Phi) is 4.64. The number of urea groups is 1. The maximum Gasteiger partial charge on any atom is 0.317 e. The summed E-state index contributed by atoms with van der Waals surface area (Å²) in [5.41, 5.74) is 7.36. The van der Waals surface area contributed by atoms with Gasteiger partial charge in [0.1, 0.15) is 0 Å². The molecule has 2 amide bonds. The summed E-state index contributed by atoms with van der Waals surface area (Å²) in [4.78, 5) is 13.4. The number of hydrogen-bond acceptors (Lipinski definition) is 2. The highest BCUT2D eigenvalue weighted by Gasteiger charge is 2.07. The maximum atomic E-state index is 11.6. The number of rotatable bonds is 4. The summed E-state index contributed by atoms with van der Waals surface area (Å²) in [6.45, 7) is 5.92. The summed E-state index contributed by atoms with van der Waals surface area (Å²) in [5.74, 6) is 0. The summed E-state index contributed by atoms with van der Waals surface area (Å²) in [5, 5.41) is 2.87. The Morgan fingerprint density at radius 2 is 1.81 bits per heavy atom. The largest absolute Gasteiger partial charge is 0.399 e. The van der Waals surface area contributed by atoms with Gasteiger partial charge in [0.2, 0.25) is 0 Å². The van der Waals surface area contributed by atoms with Gasteiger partial charge < -0.3 is 16.0 Å². The van der Waals surface area contributed by atoms with E-state index in [0.29, 0.717) is 6.54 Å². The lowest BCUT2D eigenvalue weighted by Gasteiger charge is -2.19. The highest BCUT2D eigenvalue weighted by atomic mass is 16.2. The van der Waals surface area contributed by atoms with E-state index < -0.39 is 0 Å². The minimum absolute atomic E-state index is 0.0261. The minimum Gasteiger partial charge on any atom is -0.399 e. The van der Waals surface area contributed by atoms with Gasteiger partial charge in [-0.1, -0.05) is 12.1 Å². The molecule has 1 aromatic carbocycles. The fraction of sp³-hybridized carbons (Fsp3) is 0.417. The molecule has 0 aliphatic heterocycles. The number of anilines is 1. The van der Waals surface area contributed by atoms with Crippen molar-refractivity contribution in [3.63, 3.8) is 0 Å². The second kappa shape index (κ2) is 6.00. The molecule has 16 heavy (non-hydrogen) atoms. The molecule has 3 N–H and O–H groups in total. The minimum atomic E-state index is -0.0261. The Morgan fingerprint density at radius 1 is 1.25 bits per heavy atom. The van der Waals surface area contributed by atoms with Crippen molar-refractivity contribution in [2.45, 2.75) is 20.4 Å². The number of benzene rings is 1. The number of hydrogen-bond donors (Lipinski definition) is 2. The smallest absolute Gasteiger partial charge is 0.317 e. The van der Waals surface area contributed by atoms with Gasteiger partial charge >= 0.3 is 6.03 Å². The first-order valence-corrected chi connectivity index (χ1v) is 5.54. The zero-order chi connectivity index (χ0) is 12.0. The number of nitrogens with zero attached hydrogens (tertiary/aromatic N) is 1. The van der Waals surface area contributed by atoms with Crippen LogP contribution in [0.4, 0.5) is 10.5 Å². The van der Waals surface area contributed by atoms with Crippen LogP contribution in [0.5, 0.6) is 0 Å². The van der Waals surface area contributed by atoms with Crippen LogP contribution in [-0.4, -0.2) is 24.0 Å². The van der Waals surface area contributed by atoms with Gasteiger partial charge in [0, 0.05) is 25.3 Å². The van der Waals surface area contributed by atoms with Crippen molar-refractivity contribution in [2.75, 3.05) is 18.8 Å². The first-order chi connectivity index (χ1) is 7.67. The zero-order valence-electron chi connectivity index (χ0n) is 9.86. The molecule has 0 fully saturated rings. The summed E-state index contributed by atoms with van der Waals surface area (Å²) < 4.78 is 0. The van der Waals surface area contributed by atoms with Gasteiger partial charge in [0.05, 0.1) is 0 Å². The van der Waals surface area contributed by atoms with Crippen molar-refractivity contribution in [2.24, 2.45) is 0 Å². The molecular formula is C12H19N3O. The normalized spacial score (nSPS) is 9.88. The molecule has 0 radical (unpaired) electrons. The number of amides is 2. The number of nitrogens with one attached hydrogen (secondary N) is 1. The Hall–Kier alpha value is -1.71. The van der Waals surface area contributed by atoms with Crippen LogP contribution in [0.2, 0.25) is 0 Å². The highest BCUT2D eigenvalue weighted by Crippen LogP contribution is 2.05. The zero-order valence-corrected chi connectivity index (χ0v) is 9.86. The number of nitrogens with two attached hydrogens (primary N) is 1. The lowest BCUT2D eigenvalue weighted by molar-refractivity contribution is 0.203. The Morgan fingerprint density at radius 3 is 2.31 bits per heavy atom. The predicted octanol–water partition coefficient (Wildman–Crippen LogP) is 1.82. The molecule has 88 valence electrons. The van der Waals surface area contributed by atoms with Gasteiger partial charge in [-0.05, 0) is 31.5 Å². The lowest BCUT2D eigenvalue weighted by Crippen LogP contribution is -2.39. The summed E-state index contributed by atoms with van der Waals surface area (Å²) in [6, 6.07) is 7.47. The summed E-state index contributed by atoms with van der Waals surface area (Å²) >= 11 is 0. The number of carbonyl (C=O) groups is 1. The molecule has 0 heterocycles. The van der Waals surface area contributed by atoms with Crippen LogP contribution in [0.1, 0.15) is 19.4 Å². The number of nitrogen functional groups attached to an aromatic ring is 1. The van der Waals surface area contributed by atoms with E-state index in [1.807, 2.05) is 38.1 Å². The molecule has 0 saturated heterocycles. The van der Waals surface area contributed by atoms with Crippen LogP contribution in [0.3, 0.4) is 0 Å². The Balaban J connectivity index is 2.45. The first-order valence-electron chi connectivity index (χ1n) is 5.54. The lowest BCUT2D eigenvalue weighted by atomic mass is 10.2. The average Bonchev–Trinajstić information content (AvgIpc) is 2.30. The molecule has 0 aromatic heterocycles.